The highest BCUT2D eigenvalue weighted by Crippen LogP contribution is 2.25. The van der Waals surface area contributed by atoms with E-state index in [1.54, 1.807) is 0 Å². The molecule has 2 atom stereocenters. The van der Waals surface area contributed by atoms with Gasteiger partial charge in [-0.15, -0.1) is 0 Å². The van der Waals surface area contributed by atoms with Gasteiger partial charge < -0.3 is 5.32 Å². The Morgan fingerprint density at radius 3 is 2.00 bits per heavy atom. The molecule has 0 spiro atoms. The van der Waals surface area contributed by atoms with Crippen molar-refractivity contribution in [2.45, 2.75) is 47.1 Å². The molecule has 21 heavy (non-hydrogen) atoms. The van der Waals surface area contributed by atoms with Gasteiger partial charge in [0.25, 0.3) is 0 Å². The molecule has 1 rings (SSSR count). The van der Waals surface area contributed by atoms with Crippen LogP contribution in [0.4, 0.5) is 8.78 Å². The average molecular weight is 297 g/mol. The van der Waals surface area contributed by atoms with Gasteiger partial charge in [0.05, 0.1) is 0 Å². The second-order valence-electron chi connectivity index (χ2n) is 6.39. The first-order chi connectivity index (χ1) is 9.70. The van der Waals surface area contributed by atoms with Gasteiger partial charge in [-0.05, 0) is 49.8 Å². The van der Waals surface area contributed by atoms with Crippen LogP contribution in [-0.4, -0.2) is 11.9 Å². The SMILES string of the molecule is CC(C)NC(=O)C(C(C)C)C(C)Cc1cc(F)cc(F)c1. The van der Waals surface area contributed by atoms with Crippen molar-refractivity contribution in [2.24, 2.45) is 17.8 Å². The highest BCUT2D eigenvalue weighted by molar-refractivity contribution is 5.79. The molecule has 0 radical (unpaired) electrons. The van der Waals surface area contributed by atoms with Crippen LogP contribution in [-0.2, 0) is 11.2 Å². The molecule has 4 heteroatoms. The summed E-state index contributed by atoms with van der Waals surface area (Å²) in [6, 6.07) is 3.60. The summed E-state index contributed by atoms with van der Waals surface area (Å²) in [5.74, 6) is -1.17. The number of carbonyl (C=O) groups is 1. The quantitative estimate of drug-likeness (QED) is 0.846. The molecule has 2 unspecified atom stereocenters. The predicted octanol–water partition coefficient (Wildman–Crippen LogP) is 3.94. The Kier molecular flexibility index (Phi) is 6.31. The fourth-order valence-electron chi connectivity index (χ4n) is 2.83. The third kappa shape index (κ3) is 5.44. The third-order valence-electron chi connectivity index (χ3n) is 3.54. The Bertz CT molecular complexity index is 465. The first-order valence-corrected chi connectivity index (χ1v) is 7.46. The molecule has 1 aromatic rings. The van der Waals surface area contributed by atoms with Crippen molar-refractivity contribution < 1.29 is 13.6 Å². The van der Waals surface area contributed by atoms with Crippen LogP contribution >= 0.6 is 0 Å². The summed E-state index contributed by atoms with van der Waals surface area (Å²) in [6.45, 7) is 9.78. The van der Waals surface area contributed by atoms with E-state index in [9.17, 15) is 13.6 Å². The summed E-state index contributed by atoms with van der Waals surface area (Å²) in [7, 11) is 0. The van der Waals surface area contributed by atoms with Crippen molar-refractivity contribution in [1.29, 1.82) is 0 Å². The lowest BCUT2D eigenvalue weighted by atomic mass is 9.80. The van der Waals surface area contributed by atoms with E-state index >= 15 is 0 Å². The maximum Gasteiger partial charge on any atom is 0.223 e. The van der Waals surface area contributed by atoms with E-state index in [0.717, 1.165) is 6.07 Å². The molecular formula is C17H25F2NO. The molecule has 0 heterocycles. The van der Waals surface area contributed by atoms with E-state index in [1.807, 2.05) is 34.6 Å². The predicted molar refractivity (Wildman–Crippen MR) is 80.8 cm³/mol. The molecular weight excluding hydrogens is 272 g/mol. The molecule has 0 aromatic heterocycles. The first kappa shape index (κ1) is 17.6. The molecule has 0 aliphatic carbocycles. The summed E-state index contributed by atoms with van der Waals surface area (Å²) in [5, 5.41) is 2.93. The van der Waals surface area contributed by atoms with Gasteiger partial charge in [-0.2, -0.15) is 0 Å². The molecule has 0 fully saturated rings. The van der Waals surface area contributed by atoms with Crippen LogP contribution in [0.1, 0.15) is 40.2 Å². The van der Waals surface area contributed by atoms with E-state index < -0.39 is 11.6 Å². The third-order valence-corrected chi connectivity index (χ3v) is 3.54. The van der Waals surface area contributed by atoms with E-state index in [4.69, 9.17) is 0 Å². The Hall–Kier alpha value is -1.45. The highest BCUT2D eigenvalue weighted by Gasteiger charge is 2.28. The zero-order valence-electron chi connectivity index (χ0n) is 13.4. The van der Waals surface area contributed by atoms with Crippen LogP contribution in [0.5, 0.6) is 0 Å². The van der Waals surface area contributed by atoms with Crippen molar-refractivity contribution in [1.82, 2.24) is 5.32 Å². The van der Waals surface area contributed by atoms with Gasteiger partial charge in [-0.25, -0.2) is 8.78 Å². The first-order valence-electron chi connectivity index (χ1n) is 7.46. The van der Waals surface area contributed by atoms with Gasteiger partial charge in [-0.3, -0.25) is 4.79 Å². The zero-order valence-corrected chi connectivity index (χ0v) is 13.4. The minimum atomic E-state index is -0.579. The molecule has 1 N–H and O–H groups in total. The normalized spacial score (nSPS) is 14.3. The van der Waals surface area contributed by atoms with Crippen molar-refractivity contribution >= 4 is 5.91 Å². The monoisotopic (exact) mass is 297 g/mol. The number of carbonyl (C=O) groups excluding carboxylic acids is 1. The minimum absolute atomic E-state index is 0.00405. The number of hydrogen-bond donors (Lipinski definition) is 1. The van der Waals surface area contributed by atoms with E-state index in [0.29, 0.717) is 12.0 Å². The topological polar surface area (TPSA) is 29.1 Å². The van der Waals surface area contributed by atoms with Crippen LogP contribution in [0.3, 0.4) is 0 Å². The van der Waals surface area contributed by atoms with Crippen LogP contribution in [0.25, 0.3) is 0 Å². The molecule has 0 saturated heterocycles. The Balaban J connectivity index is 2.86. The maximum atomic E-state index is 13.2. The maximum absolute atomic E-state index is 13.2. The van der Waals surface area contributed by atoms with Crippen molar-refractivity contribution in [3.8, 4) is 0 Å². The Morgan fingerprint density at radius 1 is 1.05 bits per heavy atom. The molecule has 0 aliphatic rings. The minimum Gasteiger partial charge on any atom is -0.354 e. The van der Waals surface area contributed by atoms with Gasteiger partial charge in [0, 0.05) is 18.0 Å². The van der Waals surface area contributed by atoms with Crippen LogP contribution in [0.2, 0.25) is 0 Å². The lowest BCUT2D eigenvalue weighted by molar-refractivity contribution is -0.128. The Morgan fingerprint density at radius 2 is 1.57 bits per heavy atom. The summed E-state index contributed by atoms with van der Waals surface area (Å²) >= 11 is 0. The molecule has 0 bridgehead atoms. The van der Waals surface area contributed by atoms with Crippen LogP contribution < -0.4 is 5.32 Å². The largest absolute Gasteiger partial charge is 0.354 e. The fourth-order valence-corrected chi connectivity index (χ4v) is 2.83. The number of rotatable bonds is 6. The molecule has 118 valence electrons. The number of hydrogen-bond acceptors (Lipinski definition) is 1. The lowest BCUT2D eigenvalue weighted by Gasteiger charge is -2.27. The van der Waals surface area contributed by atoms with Gasteiger partial charge in [0.1, 0.15) is 11.6 Å². The Labute approximate surface area is 125 Å². The second-order valence-corrected chi connectivity index (χ2v) is 6.39. The van der Waals surface area contributed by atoms with E-state index in [-0.39, 0.29) is 29.7 Å². The van der Waals surface area contributed by atoms with Crippen molar-refractivity contribution in [2.75, 3.05) is 0 Å². The number of amides is 1. The summed E-state index contributed by atoms with van der Waals surface area (Å²) in [5.41, 5.74) is 0.586. The number of nitrogens with one attached hydrogen (secondary N) is 1. The summed E-state index contributed by atoms with van der Waals surface area (Å²) in [6.07, 6.45) is 0.475. The zero-order chi connectivity index (χ0) is 16.2. The van der Waals surface area contributed by atoms with Crippen molar-refractivity contribution in [3.05, 3.63) is 35.4 Å². The molecule has 1 aromatic carbocycles. The standard InChI is InChI=1S/C17H25F2NO/c1-10(2)16(17(21)20-11(3)4)12(5)6-13-7-14(18)9-15(19)8-13/h7-12,16H,6H2,1-5H3,(H,20,21). The number of benzene rings is 1. The van der Waals surface area contributed by atoms with Gasteiger partial charge in [0.15, 0.2) is 0 Å². The van der Waals surface area contributed by atoms with Gasteiger partial charge in [0.2, 0.25) is 5.91 Å². The summed E-state index contributed by atoms with van der Waals surface area (Å²) < 4.78 is 26.5. The lowest BCUT2D eigenvalue weighted by Crippen LogP contribution is -2.41. The van der Waals surface area contributed by atoms with E-state index in [1.165, 1.54) is 12.1 Å². The fraction of sp³-hybridized carbons (Fsp3) is 0.588. The van der Waals surface area contributed by atoms with Crippen LogP contribution in [0, 0.1) is 29.4 Å². The van der Waals surface area contributed by atoms with Gasteiger partial charge >= 0.3 is 0 Å². The average Bonchev–Trinajstić information content (AvgIpc) is 2.24. The number of halogens is 2. The summed E-state index contributed by atoms with van der Waals surface area (Å²) in [4.78, 5) is 12.3. The molecule has 0 saturated carbocycles. The second kappa shape index (κ2) is 7.53. The van der Waals surface area contributed by atoms with Gasteiger partial charge in [-0.1, -0.05) is 20.8 Å². The smallest absolute Gasteiger partial charge is 0.223 e. The molecule has 1 amide bonds. The van der Waals surface area contributed by atoms with Crippen LogP contribution in [0.15, 0.2) is 18.2 Å². The molecule has 0 aliphatic heterocycles. The van der Waals surface area contributed by atoms with E-state index in [2.05, 4.69) is 5.32 Å². The highest BCUT2D eigenvalue weighted by atomic mass is 19.1. The van der Waals surface area contributed by atoms with Crippen molar-refractivity contribution in [3.63, 3.8) is 0 Å². The molecule has 2 nitrogen and oxygen atoms in total.